The van der Waals surface area contributed by atoms with Crippen LogP contribution in [0.2, 0.25) is 0 Å². The molecular weight excluding hydrogens is 234 g/mol. The first-order chi connectivity index (χ1) is 9.24. The van der Waals surface area contributed by atoms with Gasteiger partial charge in [-0.2, -0.15) is 5.10 Å². The Morgan fingerprint density at radius 3 is 2.42 bits per heavy atom. The van der Waals surface area contributed by atoms with E-state index in [0.29, 0.717) is 6.04 Å². The van der Waals surface area contributed by atoms with E-state index in [9.17, 15) is 0 Å². The highest BCUT2D eigenvalue weighted by Gasteiger charge is 2.05. The quantitative estimate of drug-likeness (QED) is 0.618. The summed E-state index contributed by atoms with van der Waals surface area (Å²) in [7, 11) is 2.00. The van der Waals surface area contributed by atoms with Crippen molar-refractivity contribution in [2.75, 3.05) is 0 Å². The number of rotatable bonds is 11. The number of hydrogen-bond donors (Lipinski definition) is 1. The third kappa shape index (κ3) is 7.36. The van der Waals surface area contributed by atoms with Crippen LogP contribution >= 0.6 is 0 Å². The fourth-order valence-corrected chi connectivity index (χ4v) is 2.49. The third-order valence-electron chi connectivity index (χ3n) is 3.87. The van der Waals surface area contributed by atoms with Crippen molar-refractivity contribution in [1.82, 2.24) is 9.78 Å². The number of aryl methyl sites for hydroxylation is 2. The molecule has 0 aromatic carbocycles. The number of aromatic nitrogens is 2. The lowest BCUT2D eigenvalue weighted by Gasteiger charge is -2.11. The Labute approximate surface area is 118 Å². The summed E-state index contributed by atoms with van der Waals surface area (Å²) in [4.78, 5) is 0. The first-order valence-corrected chi connectivity index (χ1v) is 7.96. The van der Waals surface area contributed by atoms with Crippen LogP contribution in [-0.2, 0) is 13.5 Å². The van der Waals surface area contributed by atoms with Gasteiger partial charge in [-0.25, -0.2) is 0 Å². The molecule has 1 atom stereocenters. The normalized spacial score (nSPS) is 12.8. The Morgan fingerprint density at radius 1 is 1.11 bits per heavy atom. The second kappa shape index (κ2) is 10.0. The monoisotopic (exact) mass is 265 g/mol. The van der Waals surface area contributed by atoms with E-state index in [1.807, 2.05) is 17.9 Å². The summed E-state index contributed by atoms with van der Waals surface area (Å²) in [5.74, 6) is 0. The van der Waals surface area contributed by atoms with Crippen molar-refractivity contribution in [2.24, 2.45) is 12.8 Å². The molecule has 19 heavy (non-hydrogen) atoms. The van der Waals surface area contributed by atoms with Gasteiger partial charge in [0.05, 0.1) is 0 Å². The van der Waals surface area contributed by atoms with Crippen LogP contribution in [0.25, 0.3) is 0 Å². The first kappa shape index (κ1) is 16.2. The molecule has 2 N–H and O–H groups in total. The van der Waals surface area contributed by atoms with Gasteiger partial charge in [-0.05, 0) is 25.3 Å². The molecule has 1 aromatic heterocycles. The number of nitrogens with two attached hydrogens (primary N) is 1. The minimum Gasteiger partial charge on any atom is -0.328 e. The zero-order chi connectivity index (χ0) is 13.9. The maximum absolute atomic E-state index is 6.17. The standard InChI is InChI=1S/C16H31N3/c1-3-4-5-6-7-8-9-10-15(17)11-12-16-13-14-18-19(16)2/h13-15H,3-12,17H2,1-2H3. The van der Waals surface area contributed by atoms with Gasteiger partial charge in [0, 0.05) is 25.0 Å². The van der Waals surface area contributed by atoms with E-state index in [1.54, 1.807) is 0 Å². The highest BCUT2D eigenvalue weighted by Crippen LogP contribution is 2.11. The maximum Gasteiger partial charge on any atom is 0.0492 e. The molecule has 0 amide bonds. The minimum atomic E-state index is 0.352. The fourth-order valence-electron chi connectivity index (χ4n) is 2.49. The molecule has 3 nitrogen and oxygen atoms in total. The van der Waals surface area contributed by atoms with Gasteiger partial charge in [-0.15, -0.1) is 0 Å². The summed E-state index contributed by atoms with van der Waals surface area (Å²) >= 11 is 0. The van der Waals surface area contributed by atoms with Gasteiger partial charge in [-0.1, -0.05) is 51.9 Å². The molecule has 0 aliphatic rings. The number of nitrogens with zero attached hydrogens (tertiary/aromatic N) is 2. The second-order valence-corrected chi connectivity index (χ2v) is 5.65. The molecule has 110 valence electrons. The van der Waals surface area contributed by atoms with E-state index >= 15 is 0 Å². The molecule has 0 spiro atoms. The van der Waals surface area contributed by atoms with Crippen molar-refractivity contribution >= 4 is 0 Å². The average molecular weight is 265 g/mol. The molecule has 0 fully saturated rings. The molecule has 1 aromatic rings. The Hall–Kier alpha value is -0.830. The predicted octanol–water partition coefficient (Wildman–Crippen LogP) is 3.82. The lowest BCUT2D eigenvalue weighted by atomic mass is 10.0. The molecule has 0 aliphatic carbocycles. The van der Waals surface area contributed by atoms with Gasteiger partial charge >= 0.3 is 0 Å². The molecule has 0 aliphatic heterocycles. The van der Waals surface area contributed by atoms with Crippen LogP contribution in [0, 0.1) is 0 Å². The van der Waals surface area contributed by atoms with E-state index in [4.69, 9.17) is 5.73 Å². The largest absolute Gasteiger partial charge is 0.328 e. The predicted molar refractivity (Wildman–Crippen MR) is 82.1 cm³/mol. The van der Waals surface area contributed by atoms with Gasteiger partial charge < -0.3 is 5.73 Å². The zero-order valence-electron chi connectivity index (χ0n) is 12.8. The second-order valence-electron chi connectivity index (χ2n) is 5.65. The molecule has 1 heterocycles. The van der Waals surface area contributed by atoms with Gasteiger partial charge in [0.25, 0.3) is 0 Å². The fraction of sp³-hybridized carbons (Fsp3) is 0.812. The Morgan fingerprint density at radius 2 is 1.79 bits per heavy atom. The SMILES string of the molecule is CCCCCCCCCC(N)CCc1ccnn1C. The number of unbranched alkanes of at least 4 members (excludes halogenated alkanes) is 6. The van der Waals surface area contributed by atoms with E-state index in [1.165, 1.54) is 57.1 Å². The lowest BCUT2D eigenvalue weighted by molar-refractivity contribution is 0.504. The molecule has 0 radical (unpaired) electrons. The van der Waals surface area contributed by atoms with E-state index < -0.39 is 0 Å². The smallest absolute Gasteiger partial charge is 0.0492 e. The molecule has 0 saturated heterocycles. The van der Waals surface area contributed by atoms with Crippen LogP contribution in [-0.4, -0.2) is 15.8 Å². The topological polar surface area (TPSA) is 43.8 Å². The van der Waals surface area contributed by atoms with Crippen molar-refractivity contribution in [2.45, 2.75) is 77.2 Å². The van der Waals surface area contributed by atoms with Crippen molar-refractivity contribution < 1.29 is 0 Å². The van der Waals surface area contributed by atoms with Crippen molar-refractivity contribution in [3.8, 4) is 0 Å². The molecule has 1 rings (SSSR count). The zero-order valence-corrected chi connectivity index (χ0v) is 12.8. The summed E-state index contributed by atoms with van der Waals surface area (Å²) in [5, 5.41) is 4.18. The summed E-state index contributed by atoms with van der Waals surface area (Å²) < 4.78 is 1.94. The highest BCUT2D eigenvalue weighted by molar-refractivity contribution is 5.00. The maximum atomic E-state index is 6.17. The minimum absolute atomic E-state index is 0.352. The molecular formula is C16H31N3. The van der Waals surface area contributed by atoms with Crippen molar-refractivity contribution in [1.29, 1.82) is 0 Å². The Balaban J connectivity index is 1.96. The summed E-state index contributed by atoms with van der Waals surface area (Å²) in [6.07, 6.45) is 14.7. The van der Waals surface area contributed by atoms with Gasteiger partial charge in [0.2, 0.25) is 0 Å². The number of hydrogen-bond acceptors (Lipinski definition) is 2. The van der Waals surface area contributed by atoms with E-state index in [-0.39, 0.29) is 0 Å². The first-order valence-electron chi connectivity index (χ1n) is 7.96. The molecule has 0 saturated carbocycles. The molecule has 3 heteroatoms. The van der Waals surface area contributed by atoms with Gasteiger partial charge in [-0.3, -0.25) is 4.68 Å². The molecule has 0 bridgehead atoms. The summed E-state index contributed by atoms with van der Waals surface area (Å²) in [5.41, 5.74) is 7.46. The Bertz CT molecular complexity index is 320. The Kier molecular flexibility index (Phi) is 8.55. The van der Waals surface area contributed by atoms with E-state index in [0.717, 1.165) is 12.8 Å². The van der Waals surface area contributed by atoms with Crippen LogP contribution in [0.5, 0.6) is 0 Å². The van der Waals surface area contributed by atoms with Crippen LogP contribution < -0.4 is 5.73 Å². The summed E-state index contributed by atoms with van der Waals surface area (Å²) in [6, 6.07) is 2.44. The van der Waals surface area contributed by atoms with Crippen LogP contribution in [0.3, 0.4) is 0 Å². The summed E-state index contributed by atoms with van der Waals surface area (Å²) in [6.45, 7) is 2.27. The highest BCUT2D eigenvalue weighted by atomic mass is 15.2. The lowest BCUT2D eigenvalue weighted by Crippen LogP contribution is -2.21. The third-order valence-corrected chi connectivity index (χ3v) is 3.87. The van der Waals surface area contributed by atoms with Crippen molar-refractivity contribution in [3.63, 3.8) is 0 Å². The van der Waals surface area contributed by atoms with Gasteiger partial charge in [0.1, 0.15) is 0 Å². The van der Waals surface area contributed by atoms with Crippen LogP contribution in [0.1, 0.15) is 70.4 Å². The molecule has 1 unspecified atom stereocenters. The average Bonchev–Trinajstić information content (AvgIpc) is 2.81. The van der Waals surface area contributed by atoms with Crippen LogP contribution in [0.4, 0.5) is 0 Å². The van der Waals surface area contributed by atoms with Crippen LogP contribution in [0.15, 0.2) is 12.3 Å². The van der Waals surface area contributed by atoms with E-state index in [2.05, 4.69) is 18.1 Å². The van der Waals surface area contributed by atoms with Crippen molar-refractivity contribution in [3.05, 3.63) is 18.0 Å². The van der Waals surface area contributed by atoms with Gasteiger partial charge in [0.15, 0.2) is 0 Å².